The number of thioether (sulfide) groups is 1. The monoisotopic (exact) mass is 305 g/mol. The molecule has 1 aromatic carbocycles. The predicted molar refractivity (Wildman–Crippen MR) is 78.2 cm³/mol. The minimum absolute atomic E-state index is 0.108. The number of rotatable bonds is 4. The molecule has 0 unspecified atom stereocenters. The normalized spacial score (nSPS) is 18.3. The summed E-state index contributed by atoms with van der Waals surface area (Å²) in [5, 5.41) is 8.32. The predicted octanol–water partition coefficient (Wildman–Crippen LogP) is 2.07. The molecule has 1 aliphatic rings. The van der Waals surface area contributed by atoms with Crippen LogP contribution >= 0.6 is 11.8 Å². The van der Waals surface area contributed by atoms with Crippen molar-refractivity contribution in [2.24, 2.45) is 0 Å². The van der Waals surface area contributed by atoms with Gasteiger partial charge in [0.05, 0.1) is 17.9 Å². The molecule has 1 saturated heterocycles. The van der Waals surface area contributed by atoms with Crippen LogP contribution in [0.4, 0.5) is 0 Å². The van der Waals surface area contributed by atoms with Crippen molar-refractivity contribution in [1.82, 2.24) is 15.1 Å². The van der Waals surface area contributed by atoms with Gasteiger partial charge in [0.1, 0.15) is 5.75 Å². The van der Waals surface area contributed by atoms with Crippen LogP contribution in [-0.4, -0.2) is 47.0 Å². The molecule has 1 amide bonds. The number of carbonyl (C=O) groups excluding carboxylic acids is 1. The number of hydrogen-bond donors (Lipinski definition) is 0. The second kappa shape index (κ2) is 5.77. The van der Waals surface area contributed by atoms with Gasteiger partial charge >= 0.3 is 0 Å². The topological polar surface area (TPSA) is 68.5 Å². The number of benzene rings is 1. The Labute approximate surface area is 126 Å². The van der Waals surface area contributed by atoms with Gasteiger partial charge in [0.2, 0.25) is 5.91 Å². The fourth-order valence-electron chi connectivity index (χ4n) is 2.21. The Balaban J connectivity index is 1.79. The summed E-state index contributed by atoms with van der Waals surface area (Å²) in [6, 6.07) is 7.45. The molecule has 1 aromatic heterocycles. The number of likely N-dealkylation sites (tertiary alicyclic amines) is 1. The van der Waals surface area contributed by atoms with Gasteiger partial charge in [-0.15, -0.1) is 10.2 Å². The lowest BCUT2D eigenvalue weighted by Crippen LogP contribution is -2.23. The van der Waals surface area contributed by atoms with Gasteiger partial charge in [-0.05, 0) is 18.6 Å². The van der Waals surface area contributed by atoms with Gasteiger partial charge in [0.25, 0.3) is 11.1 Å². The molecular formula is C14H15N3O3S. The molecule has 2 heterocycles. The van der Waals surface area contributed by atoms with Crippen molar-refractivity contribution in [3.63, 3.8) is 0 Å². The number of hydrogen-bond acceptors (Lipinski definition) is 6. The fourth-order valence-corrected chi connectivity index (χ4v) is 3.17. The van der Waals surface area contributed by atoms with Crippen molar-refractivity contribution in [1.29, 1.82) is 0 Å². The molecule has 6 nitrogen and oxygen atoms in total. The van der Waals surface area contributed by atoms with Crippen molar-refractivity contribution in [3.8, 4) is 17.2 Å². The quantitative estimate of drug-likeness (QED) is 0.861. The fraction of sp³-hybridized carbons (Fsp3) is 0.357. The Bertz CT molecular complexity index is 658. The summed E-state index contributed by atoms with van der Waals surface area (Å²) < 4.78 is 10.9. The minimum atomic E-state index is -0.138. The van der Waals surface area contributed by atoms with Gasteiger partial charge in [0.15, 0.2) is 0 Å². The first-order chi connectivity index (χ1) is 10.2. The summed E-state index contributed by atoms with van der Waals surface area (Å²) >= 11 is 1.32. The van der Waals surface area contributed by atoms with Crippen molar-refractivity contribution < 1.29 is 13.9 Å². The molecule has 0 bridgehead atoms. The maximum Gasteiger partial charge on any atom is 0.277 e. The van der Waals surface area contributed by atoms with E-state index in [9.17, 15) is 4.79 Å². The molecule has 1 atom stereocenters. The maximum absolute atomic E-state index is 11.9. The molecule has 0 radical (unpaired) electrons. The Hall–Kier alpha value is -2.02. The highest BCUT2D eigenvalue weighted by Crippen LogP contribution is 2.33. The van der Waals surface area contributed by atoms with Crippen LogP contribution in [0.1, 0.15) is 6.42 Å². The van der Waals surface area contributed by atoms with Crippen molar-refractivity contribution >= 4 is 17.7 Å². The lowest BCUT2D eigenvalue weighted by molar-refractivity contribution is -0.126. The van der Waals surface area contributed by atoms with Crippen LogP contribution in [0.25, 0.3) is 11.5 Å². The molecule has 1 fully saturated rings. The van der Waals surface area contributed by atoms with Gasteiger partial charge in [-0.1, -0.05) is 23.9 Å². The summed E-state index contributed by atoms with van der Waals surface area (Å²) in [6.07, 6.45) is 0.798. The second-order valence-corrected chi connectivity index (χ2v) is 5.88. The average molecular weight is 305 g/mol. The van der Waals surface area contributed by atoms with E-state index in [1.165, 1.54) is 11.8 Å². The van der Waals surface area contributed by atoms with E-state index < -0.39 is 0 Å². The summed E-state index contributed by atoms with van der Waals surface area (Å²) in [4.78, 5) is 13.6. The van der Waals surface area contributed by atoms with E-state index in [-0.39, 0.29) is 11.2 Å². The summed E-state index contributed by atoms with van der Waals surface area (Å²) in [5.74, 6) is 1.18. The number of aromatic nitrogens is 2. The van der Waals surface area contributed by atoms with Gasteiger partial charge in [-0.25, -0.2) is 0 Å². The molecule has 7 heteroatoms. The van der Waals surface area contributed by atoms with Gasteiger partial charge < -0.3 is 14.1 Å². The van der Waals surface area contributed by atoms with E-state index in [1.54, 1.807) is 19.1 Å². The molecule has 0 aliphatic carbocycles. The first-order valence-corrected chi connectivity index (χ1v) is 7.45. The Morgan fingerprint density at radius 3 is 2.90 bits per heavy atom. The number of methoxy groups -OCH3 is 1. The molecule has 110 valence electrons. The number of nitrogens with zero attached hydrogens (tertiary/aromatic N) is 3. The number of para-hydroxylation sites is 1. The van der Waals surface area contributed by atoms with E-state index in [0.717, 1.165) is 18.5 Å². The van der Waals surface area contributed by atoms with E-state index >= 15 is 0 Å². The van der Waals surface area contributed by atoms with Crippen LogP contribution in [0, 0.1) is 0 Å². The zero-order valence-electron chi connectivity index (χ0n) is 11.8. The lowest BCUT2D eigenvalue weighted by Gasteiger charge is -2.07. The Morgan fingerprint density at radius 1 is 1.38 bits per heavy atom. The van der Waals surface area contributed by atoms with Crippen molar-refractivity contribution in [2.75, 3.05) is 20.7 Å². The Morgan fingerprint density at radius 2 is 2.19 bits per heavy atom. The lowest BCUT2D eigenvalue weighted by atomic mass is 10.2. The van der Waals surface area contributed by atoms with E-state index in [4.69, 9.17) is 9.15 Å². The number of carbonyl (C=O) groups is 1. The molecule has 3 rings (SSSR count). The highest BCUT2D eigenvalue weighted by molar-refractivity contribution is 8.00. The van der Waals surface area contributed by atoms with Crippen molar-refractivity contribution in [2.45, 2.75) is 16.9 Å². The zero-order valence-corrected chi connectivity index (χ0v) is 12.6. The third-order valence-electron chi connectivity index (χ3n) is 3.37. The van der Waals surface area contributed by atoms with E-state index in [0.29, 0.717) is 16.9 Å². The minimum Gasteiger partial charge on any atom is -0.496 e. The number of ether oxygens (including phenoxy) is 1. The van der Waals surface area contributed by atoms with Crippen LogP contribution < -0.4 is 4.74 Å². The summed E-state index contributed by atoms with van der Waals surface area (Å²) in [5.41, 5.74) is 0.745. The number of amides is 1. The van der Waals surface area contributed by atoms with Crippen LogP contribution in [0.5, 0.6) is 5.75 Å². The summed E-state index contributed by atoms with van der Waals surface area (Å²) in [7, 11) is 3.40. The smallest absolute Gasteiger partial charge is 0.277 e. The van der Waals surface area contributed by atoms with Crippen molar-refractivity contribution in [3.05, 3.63) is 24.3 Å². The first kappa shape index (κ1) is 13.9. The van der Waals surface area contributed by atoms with Crippen LogP contribution in [-0.2, 0) is 4.79 Å². The molecule has 0 saturated carbocycles. The summed E-state index contributed by atoms with van der Waals surface area (Å²) in [6.45, 7) is 0.768. The average Bonchev–Trinajstić information content (AvgIpc) is 3.09. The van der Waals surface area contributed by atoms with Gasteiger partial charge in [-0.3, -0.25) is 4.79 Å². The van der Waals surface area contributed by atoms with Gasteiger partial charge in [0, 0.05) is 13.6 Å². The van der Waals surface area contributed by atoms with Gasteiger partial charge in [-0.2, -0.15) is 0 Å². The van der Waals surface area contributed by atoms with E-state index in [2.05, 4.69) is 10.2 Å². The molecular weight excluding hydrogens is 290 g/mol. The second-order valence-electron chi connectivity index (χ2n) is 4.73. The maximum atomic E-state index is 11.9. The molecule has 0 N–H and O–H groups in total. The Kier molecular flexibility index (Phi) is 3.83. The highest BCUT2D eigenvalue weighted by Gasteiger charge is 2.31. The van der Waals surface area contributed by atoms with Crippen LogP contribution in [0.2, 0.25) is 0 Å². The zero-order chi connectivity index (χ0) is 14.8. The van der Waals surface area contributed by atoms with Crippen LogP contribution in [0.3, 0.4) is 0 Å². The third-order valence-corrected chi connectivity index (χ3v) is 4.45. The largest absolute Gasteiger partial charge is 0.496 e. The SMILES string of the molecule is COc1ccccc1-c1nnc(S[C@H]2CCN(C)C2=O)o1. The molecule has 0 spiro atoms. The first-order valence-electron chi connectivity index (χ1n) is 6.57. The molecule has 2 aromatic rings. The van der Waals surface area contributed by atoms with E-state index in [1.807, 2.05) is 24.3 Å². The standard InChI is InChI=1S/C14H15N3O3S/c1-17-8-7-11(13(17)18)21-14-16-15-12(20-14)9-5-3-4-6-10(9)19-2/h3-6,11H,7-8H2,1-2H3/t11-/m0/s1. The van der Waals surface area contributed by atoms with Crippen LogP contribution in [0.15, 0.2) is 33.9 Å². The molecule has 1 aliphatic heterocycles. The third kappa shape index (κ3) is 2.73. The highest BCUT2D eigenvalue weighted by atomic mass is 32.2. The molecule has 21 heavy (non-hydrogen) atoms.